The smallest absolute Gasteiger partial charge is 0.269 e. The van der Waals surface area contributed by atoms with Crippen LogP contribution in [-0.4, -0.2) is 52.8 Å². The maximum absolute atomic E-state index is 14.5. The van der Waals surface area contributed by atoms with Crippen molar-refractivity contribution in [2.24, 2.45) is 5.41 Å². The monoisotopic (exact) mass is 519 g/mol. The Morgan fingerprint density at radius 1 is 1.03 bits per heavy atom. The number of fused-ring (bicyclic) bond motifs is 1. The molecule has 0 saturated carbocycles. The predicted molar refractivity (Wildman–Crippen MR) is 142 cm³/mol. The van der Waals surface area contributed by atoms with Crippen LogP contribution in [0.2, 0.25) is 0 Å². The number of aromatic nitrogens is 3. The highest BCUT2D eigenvalue weighted by Crippen LogP contribution is 2.40. The zero-order chi connectivity index (χ0) is 26.3. The van der Waals surface area contributed by atoms with Crippen LogP contribution in [0, 0.1) is 11.2 Å². The van der Waals surface area contributed by atoms with Crippen molar-refractivity contribution >= 4 is 40.7 Å². The molecule has 1 aromatic carbocycles. The van der Waals surface area contributed by atoms with Gasteiger partial charge in [0.05, 0.1) is 12.8 Å². The summed E-state index contributed by atoms with van der Waals surface area (Å²) in [4.78, 5) is 27.3. The first-order chi connectivity index (χ1) is 18.3. The van der Waals surface area contributed by atoms with E-state index in [0.29, 0.717) is 17.0 Å². The number of pyridine rings is 1. The van der Waals surface area contributed by atoms with Crippen molar-refractivity contribution < 1.29 is 18.7 Å². The third kappa shape index (κ3) is 4.81. The molecule has 2 aromatic heterocycles. The number of amides is 1. The molecule has 11 heteroatoms. The third-order valence-electron chi connectivity index (χ3n) is 7.49. The summed E-state index contributed by atoms with van der Waals surface area (Å²) in [6.45, 7) is 7.17. The lowest BCUT2D eigenvalue weighted by molar-refractivity contribution is -0.129. The Labute approximate surface area is 220 Å². The van der Waals surface area contributed by atoms with Crippen LogP contribution in [0.4, 0.5) is 39.2 Å². The molecule has 3 aromatic rings. The van der Waals surface area contributed by atoms with E-state index in [0.717, 1.165) is 51.0 Å². The molecule has 0 radical (unpaired) electrons. The second-order valence-corrected chi connectivity index (χ2v) is 10.6. The Balaban J connectivity index is 1.11. The largest absolute Gasteiger partial charge is 0.474 e. The second-order valence-electron chi connectivity index (χ2n) is 10.6. The summed E-state index contributed by atoms with van der Waals surface area (Å²) in [6, 6.07) is 11.4. The molecular formula is C27H30FN7O3. The molecule has 10 nitrogen and oxygen atoms in total. The van der Waals surface area contributed by atoms with Crippen LogP contribution in [0.25, 0.3) is 0 Å². The average molecular weight is 520 g/mol. The SMILES string of the molecule is CC1(C)Oc2ccc(Nc3nc(Nc4ccc(N5CCC6(CCOC6)CC5)cc4)ncc3F)nc2NC1=O. The van der Waals surface area contributed by atoms with Gasteiger partial charge in [0.25, 0.3) is 5.91 Å². The summed E-state index contributed by atoms with van der Waals surface area (Å²) in [7, 11) is 0. The Bertz CT molecular complexity index is 1350. The number of anilines is 6. The lowest BCUT2D eigenvalue weighted by atomic mass is 9.78. The number of nitrogens with one attached hydrogen (secondary N) is 3. The van der Waals surface area contributed by atoms with Gasteiger partial charge in [-0.1, -0.05) is 0 Å². The number of benzene rings is 1. The van der Waals surface area contributed by atoms with Crippen LogP contribution >= 0.6 is 0 Å². The Morgan fingerprint density at radius 2 is 1.82 bits per heavy atom. The lowest BCUT2D eigenvalue weighted by Gasteiger charge is -2.39. The summed E-state index contributed by atoms with van der Waals surface area (Å²) in [5.41, 5.74) is 1.34. The molecule has 0 unspecified atom stereocenters. The fourth-order valence-corrected chi connectivity index (χ4v) is 5.07. The first-order valence-corrected chi connectivity index (χ1v) is 12.8. The van der Waals surface area contributed by atoms with Gasteiger partial charge in [0.2, 0.25) is 5.95 Å². The highest BCUT2D eigenvalue weighted by atomic mass is 19.1. The molecule has 6 rings (SSSR count). The van der Waals surface area contributed by atoms with E-state index in [4.69, 9.17) is 9.47 Å². The molecule has 3 aliphatic heterocycles. The van der Waals surface area contributed by atoms with E-state index in [1.165, 1.54) is 12.1 Å². The zero-order valence-corrected chi connectivity index (χ0v) is 21.4. The standard InChI is InChI=1S/C27H30FN7O3/c1-26(2)24(36)33-23-20(38-26)7-8-21(32-23)31-22-19(28)15-29-25(34-22)30-17-3-5-18(6-4-17)35-12-9-27(10-13-35)11-14-37-16-27/h3-8,15H,9-14,16H2,1-2H3,(H3,29,30,31,32,33,34,36). The van der Waals surface area contributed by atoms with Gasteiger partial charge in [0.1, 0.15) is 5.82 Å². The molecule has 198 valence electrons. The molecule has 5 heterocycles. The Kier molecular flexibility index (Phi) is 6.02. The fourth-order valence-electron chi connectivity index (χ4n) is 5.07. The van der Waals surface area contributed by atoms with E-state index in [1.54, 1.807) is 26.0 Å². The van der Waals surface area contributed by atoms with Crippen LogP contribution in [0.15, 0.2) is 42.6 Å². The minimum absolute atomic E-state index is 0.0481. The van der Waals surface area contributed by atoms with Crippen LogP contribution in [-0.2, 0) is 9.53 Å². The number of halogens is 1. The van der Waals surface area contributed by atoms with Gasteiger partial charge in [0, 0.05) is 31.1 Å². The van der Waals surface area contributed by atoms with Crippen LogP contribution in [0.1, 0.15) is 33.1 Å². The zero-order valence-electron chi connectivity index (χ0n) is 21.4. The predicted octanol–water partition coefficient (Wildman–Crippen LogP) is 4.61. The van der Waals surface area contributed by atoms with Crippen molar-refractivity contribution in [1.82, 2.24) is 15.0 Å². The number of piperidine rings is 1. The van der Waals surface area contributed by atoms with Crippen LogP contribution in [0.5, 0.6) is 5.75 Å². The highest BCUT2D eigenvalue weighted by Gasteiger charge is 2.38. The molecule has 1 spiro atoms. The molecule has 0 atom stereocenters. The maximum Gasteiger partial charge on any atom is 0.269 e. The molecule has 0 bridgehead atoms. The van der Waals surface area contributed by atoms with E-state index in [9.17, 15) is 9.18 Å². The number of hydrogen-bond acceptors (Lipinski definition) is 9. The molecule has 3 N–H and O–H groups in total. The summed E-state index contributed by atoms with van der Waals surface area (Å²) >= 11 is 0. The van der Waals surface area contributed by atoms with Gasteiger partial charge < -0.3 is 30.3 Å². The summed E-state index contributed by atoms with van der Waals surface area (Å²) < 4.78 is 25.9. The van der Waals surface area contributed by atoms with Crippen LogP contribution < -0.4 is 25.6 Å². The van der Waals surface area contributed by atoms with Crippen molar-refractivity contribution in [2.75, 3.05) is 47.2 Å². The minimum Gasteiger partial charge on any atom is -0.474 e. The number of hydrogen-bond donors (Lipinski definition) is 3. The molecule has 38 heavy (non-hydrogen) atoms. The Morgan fingerprint density at radius 3 is 2.55 bits per heavy atom. The van der Waals surface area contributed by atoms with E-state index in [1.807, 2.05) is 12.1 Å². The van der Waals surface area contributed by atoms with Crippen molar-refractivity contribution in [3.05, 3.63) is 48.4 Å². The molecule has 1 amide bonds. The van der Waals surface area contributed by atoms with Crippen molar-refractivity contribution in [3.8, 4) is 5.75 Å². The number of rotatable bonds is 5. The molecule has 3 aliphatic rings. The van der Waals surface area contributed by atoms with Gasteiger partial charge in [-0.05, 0) is 74.9 Å². The highest BCUT2D eigenvalue weighted by molar-refractivity contribution is 5.99. The maximum atomic E-state index is 14.5. The molecular weight excluding hydrogens is 489 g/mol. The number of carbonyl (C=O) groups excluding carboxylic acids is 1. The van der Waals surface area contributed by atoms with Crippen LogP contribution in [0.3, 0.4) is 0 Å². The molecule has 2 fully saturated rings. The average Bonchev–Trinajstić information content (AvgIpc) is 3.35. The molecule has 2 saturated heterocycles. The number of nitrogens with zero attached hydrogens (tertiary/aromatic N) is 4. The summed E-state index contributed by atoms with van der Waals surface area (Å²) in [5, 5.41) is 8.70. The number of carbonyl (C=O) groups is 1. The Hall–Kier alpha value is -3.99. The van der Waals surface area contributed by atoms with Gasteiger partial charge in [-0.3, -0.25) is 4.79 Å². The topological polar surface area (TPSA) is 114 Å². The van der Waals surface area contributed by atoms with E-state index < -0.39 is 11.4 Å². The normalized spacial score (nSPS) is 19.4. The lowest BCUT2D eigenvalue weighted by Crippen LogP contribution is -2.46. The summed E-state index contributed by atoms with van der Waals surface area (Å²) in [5.74, 6) is 0.230. The quantitative estimate of drug-likeness (QED) is 0.445. The van der Waals surface area contributed by atoms with Crippen molar-refractivity contribution in [3.63, 3.8) is 0 Å². The van der Waals surface area contributed by atoms with Gasteiger partial charge >= 0.3 is 0 Å². The first-order valence-electron chi connectivity index (χ1n) is 12.8. The van der Waals surface area contributed by atoms with Gasteiger partial charge in [0.15, 0.2) is 28.8 Å². The fraction of sp³-hybridized carbons (Fsp3) is 0.407. The van der Waals surface area contributed by atoms with E-state index in [-0.39, 0.29) is 23.5 Å². The minimum atomic E-state index is -0.997. The van der Waals surface area contributed by atoms with Gasteiger partial charge in [-0.25, -0.2) is 14.4 Å². The first kappa shape index (κ1) is 24.4. The summed E-state index contributed by atoms with van der Waals surface area (Å²) in [6.07, 6.45) is 4.57. The van der Waals surface area contributed by atoms with E-state index in [2.05, 4.69) is 47.9 Å². The molecule has 0 aliphatic carbocycles. The second kappa shape index (κ2) is 9.39. The van der Waals surface area contributed by atoms with Crippen molar-refractivity contribution in [1.29, 1.82) is 0 Å². The van der Waals surface area contributed by atoms with Crippen molar-refractivity contribution in [2.45, 2.75) is 38.7 Å². The van der Waals surface area contributed by atoms with Gasteiger partial charge in [-0.15, -0.1) is 0 Å². The number of ether oxygens (including phenoxy) is 2. The third-order valence-corrected chi connectivity index (χ3v) is 7.49. The van der Waals surface area contributed by atoms with E-state index >= 15 is 0 Å². The van der Waals surface area contributed by atoms with Gasteiger partial charge in [-0.2, -0.15) is 4.98 Å².